The van der Waals surface area contributed by atoms with Crippen LogP contribution in [0.2, 0.25) is 0 Å². The van der Waals surface area contributed by atoms with Gasteiger partial charge in [-0.25, -0.2) is 9.13 Å². The Hall–Kier alpha value is -0.750. The number of phosphoric ester groups is 2. The molecule has 8 N–H and O–H groups in total. The second-order valence-electron chi connectivity index (χ2n) is 18.3. The van der Waals surface area contributed by atoms with E-state index in [0.717, 1.165) is 32.4 Å². The number of hydrogen-bond acceptors (Lipinski definition) is 18. The van der Waals surface area contributed by atoms with Crippen LogP contribution in [0.25, 0.3) is 0 Å². The lowest BCUT2D eigenvalue weighted by Crippen LogP contribution is -2.55. The largest absolute Gasteiger partial charge is 0.472 e. The number of carbonyl (C=O) groups is 1. The summed E-state index contributed by atoms with van der Waals surface area (Å²) in [6.07, 6.45) is -5.25. The molecule has 4 fully saturated rings. The molecular weight excluding hydrogens is 862 g/mol. The number of rotatable bonds is 24. The fourth-order valence-corrected chi connectivity index (χ4v) is 10.4. The summed E-state index contributed by atoms with van der Waals surface area (Å²) in [5.74, 6) is -1.06. The molecule has 0 saturated carbocycles. The first-order valence-corrected chi connectivity index (χ1v) is 24.9. The zero-order chi connectivity index (χ0) is 46.0. The van der Waals surface area contributed by atoms with Crippen LogP contribution in [0.1, 0.15) is 92.9 Å². The van der Waals surface area contributed by atoms with Crippen LogP contribution in [0.4, 0.5) is 0 Å². The van der Waals surface area contributed by atoms with Gasteiger partial charge < -0.3 is 64.3 Å². The molecule has 23 heteroatoms. The number of likely N-dealkylation sites (tertiary alicyclic amines) is 2. The van der Waals surface area contributed by atoms with Crippen molar-refractivity contribution in [2.45, 2.75) is 166 Å². The van der Waals surface area contributed by atoms with Crippen molar-refractivity contribution in [1.29, 1.82) is 0 Å². The molecule has 0 radical (unpaired) electrons. The summed E-state index contributed by atoms with van der Waals surface area (Å²) in [5, 5.41) is 59.6. The van der Waals surface area contributed by atoms with E-state index < -0.39 is 114 Å². The lowest BCUT2D eigenvalue weighted by atomic mass is 9.92. The second-order valence-corrected chi connectivity index (χ2v) is 21.1. The molecule has 0 spiro atoms. The first kappa shape index (κ1) is 53.9. The van der Waals surface area contributed by atoms with E-state index in [1.807, 2.05) is 0 Å². The summed E-state index contributed by atoms with van der Waals surface area (Å²) in [6, 6.07) is -0.932. The van der Waals surface area contributed by atoms with Crippen molar-refractivity contribution in [2.24, 2.45) is 17.8 Å². The molecular formula is C39H74N2O19P2. The van der Waals surface area contributed by atoms with E-state index in [-0.39, 0.29) is 44.5 Å². The van der Waals surface area contributed by atoms with Gasteiger partial charge in [-0.2, -0.15) is 0 Å². The Morgan fingerprint density at radius 1 is 0.710 bits per heavy atom. The Balaban J connectivity index is 1.24. The maximum Gasteiger partial charge on any atom is 0.472 e. The number of nitrogens with zero attached hydrogens (tertiary/aromatic N) is 2. The normalized spacial score (nSPS) is 36.8. The van der Waals surface area contributed by atoms with Crippen molar-refractivity contribution >= 4 is 21.6 Å². The van der Waals surface area contributed by atoms with Gasteiger partial charge >= 0.3 is 15.6 Å². The number of aliphatic hydroxyl groups is 6. The Morgan fingerprint density at radius 3 is 1.79 bits per heavy atom. The quantitative estimate of drug-likeness (QED) is 0.0499. The van der Waals surface area contributed by atoms with Crippen LogP contribution in [-0.4, -0.2) is 188 Å². The second kappa shape index (κ2) is 24.3. The van der Waals surface area contributed by atoms with E-state index in [1.165, 1.54) is 4.90 Å². The zero-order valence-electron chi connectivity index (χ0n) is 37.0. The van der Waals surface area contributed by atoms with E-state index in [2.05, 4.69) is 11.8 Å². The van der Waals surface area contributed by atoms with Crippen LogP contribution in [0, 0.1) is 17.8 Å². The van der Waals surface area contributed by atoms with Gasteiger partial charge in [0.2, 0.25) is 5.91 Å². The van der Waals surface area contributed by atoms with Gasteiger partial charge in [0.25, 0.3) is 0 Å². The lowest BCUT2D eigenvalue weighted by molar-refractivity contribution is -0.282. The maximum absolute atomic E-state index is 13.5. The third kappa shape index (κ3) is 16.2. The van der Waals surface area contributed by atoms with Crippen LogP contribution in [0.5, 0.6) is 0 Å². The molecule has 0 bridgehead atoms. The fourth-order valence-electron chi connectivity index (χ4n) is 8.39. The number of phosphoric acid groups is 2. The van der Waals surface area contributed by atoms with Crippen molar-refractivity contribution in [3.63, 3.8) is 0 Å². The van der Waals surface area contributed by atoms with Crippen molar-refractivity contribution in [3.8, 4) is 0 Å². The molecule has 4 aliphatic heterocycles. The maximum atomic E-state index is 13.5. The Morgan fingerprint density at radius 2 is 1.24 bits per heavy atom. The van der Waals surface area contributed by atoms with Gasteiger partial charge in [-0.3, -0.25) is 27.8 Å². The SMILES string of the molecule is CC1C(OCCCCCN2C[C@H](C)C[C@H]2COP(=O)(O)O[C@@H]2C[C@@H](COP(=O)(O)OC(C)(C)C)N(C(=O)CCCCOC3OC(CO)C(O)C(O)C3C)C2)OC(CO)C(O)C1O. The molecule has 16 atom stereocenters. The van der Waals surface area contributed by atoms with Crippen LogP contribution < -0.4 is 0 Å². The molecule has 4 aliphatic rings. The van der Waals surface area contributed by atoms with E-state index in [0.29, 0.717) is 31.8 Å². The van der Waals surface area contributed by atoms with E-state index >= 15 is 0 Å². The van der Waals surface area contributed by atoms with E-state index in [1.54, 1.807) is 34.6 Å². The molecule has 21 nitrogen and oxygen atoms in total. The van der Waals surface area contributed by atoms with Gasteiger partial charge in [0, 0.05) is 50.6 Å². The Kier molecular flexibility index (Phi) is 21.1. The molecule has 0 aromatic carbocycles. The average Bonchev–Trinajstić information content (AvgIpc) is 3.77. The number of aliphatic hydroxyl groups excluding tert-OH is 6. The third-order valence-electron chi connectivity index (χ3n) is 11.8. The number of unbranched alkanes of at least 4 members (excludes halogenated alkanes) is 3. The predicted octanol–water partition coefficient (Wildman–Crippen LogP) is 1.26. The van der Waals surface area contributed by atoms with Crippen LogP contribution in [0.3, 0.4) is 0 Å². The summed E-state index contributed by atoms with van der Waals surface area (Å²) in [5.41, 5.74) is -1.00. The minimum Gasteiger partial charge on any atom is -0.394 e. The summed E-state index contributed by atoms with van der Waals surface area (Å²) >= 11 is 0. The molecule has 0 aromatic rings. The minimum absolute atomic E-state index is 0.0159. The summed E-state index contributed by atoms with van der Waals surface area (Å²) in [7, 11) is -9.17. The van der Waals surface area contributed by atoms with E-state index in [9.17, 15) is 54.4 Å². The van der Waals surface area contributed by atoms with Gasteiger partial charge in [0.05, 0.1) is 56.4 Å². The van der Waals surface area contributed by atoms with Crippen molar-refractivity contribution in [3.05, 3.63) is 0 Å². The Labute approximate surface area is 365 Å². The van der Waals surface area contributed by atoms with Gasteiger partial charge in [-0.15, -0.1) is 0 Å². The highest BCUT2D eigenvalue weighted by Gasteiger charge is 2.45. The van der Waals surface area contributed by atoms with Crippen LogP contribution in [0.15, 0.2) is 0 Å². The van der Waals surface area contributed by atoms with Crippen molar-refractivity contribution in [2.75, 3.05) is 59.3 Å². The monoisotopic (exact) mass is 936 g/mol. The molecule has 4 saturated heterocycles. The lowest BCUT2D eigenvalue weighted by Gasteiger charge is -2.40. The highest BCUT2D eigenvalue weighted by atomic mass is 31.2. The molecule has 4 heterocycles. The van der Waals surface area contributed by atoms with Crippen molar-refractivity contribution in [1.82, 2.24) is 9.80 Å². The average molecular weight is 937 g/mol. The van der Waals surface area contributed by atoms with Gasteiger partial charge in [-0.05, 0) is 78.2 Å². The summed E-state index contributed by atoms with van der Waals surface area (Å²) < 4.78 is 70.4. The molecule has 12 unspecified atom stereocenters. The van der Waals surface area contributed by atoms with Crippen LogP contribution >= 0.6 is 15.6 Å². The highest BCUT2D eigenvalue weighted by molar-refractivity contribution is 7.47. The number of amides is 1. The first-order valence-electron chi connectivity index (χ1n) is 21.9. The molecule has 1 amide bonds. The zero-order valence-corrected chi connectivity index (χ0v) is 38.7. The standard InChI is InChI=1S/C39H74N2O19P2/c1-24-16-27(40(18-24)13-9-7-10-14-53-37-25(2)33(45)35(47)30(20-42)57-37)22-55-61(49,50)59-29-17-28(23-56-62(51,52)60-39(4,5)6)41(19-29)32(44)12-8-11-15-54-38-26(3)34(46)36(48)31(21-43)58-38/h24-31,33-38,42-43,45-48H,7-23H2,1-6H3,(H,49,50)(H,51,52)/t24-,25?,26?,27+,28+,29-,30?,31?,33?,34?,35?,36?,37?,38?/m1/s1. The number of ether oxygens (including phenoxy) is 4. The molecule has 62 heavy (non-hydrogen) atoms. The Bertz CT molecular complexity index is 1460. The van der Waals surface area contributed by atoms with Gasteiger partial charge in [0.15, 0.2) is 12.6 Å². The smallest absolute Gasteiger partial charge is 0.394 e. The molecule has 4 rings (SSSR count). The first-order chi connectivity index (χ1) is 29.0. The molecule has 364 valence electrons. The predicted molar refractivity (Wildman–Crippen MR) is 220 cm³/mol. The summed E-state index contributed by atoms with van der Waals surface area (Å²) in [4.78, 5) is 38.3. The van der Waals surface area contributed by atoms with Crippen LogP contribution in [-0.2, 0) is 51.0 Å². The number of hydrogen-bond donors (Lipinski definition) is 8. The topological polar surface area (TPSA) is 293 Å². The molecule has 0 aromatic heterocycles. The van der Waals surface area contributed by atoms with Gasteiger partial charge in [0.1, 0.15) is 24.4 Å². The van der Waals surface area contributed by atoms with Crippen molar-refractivity contribution < 1.29 is 91.4 Å². The number of carbonyl (C=O) groups excluding carboxylic acids is 1. The summed E-state index contributed by atoms with van der Waals surface area (Å²) in [6.45, 7) is 10.7. The van der Waals surface area contributed by atoms with E-state index in [4.69, 9.17) is 37.0 Å². The highest BCUT2D eigenvalue weighted by Crippen LogP contribution is 2.49. The van der Waals surface area contributed by atoms with Gasteiger partial charge in [-0.1, -0.05) is 20.8 Å². The molecule has 0 aliphatic carbocycles. The fraction of sp³-hybridized carbons (Fsp3) is 0.974. The minimum atomic E-state index is -4.63. The third-order valence-corrected chi connectivity index (χ3v) is 14.1.